The Morgan fingerprint density at radius 1 is 0.962 bits per heavy atom. The molecule has 1 saturated heterocycles. The van der Waals surface area contributed by atoms with Crippen molar-refractivity contribution in [2.45, 2.75) is 71.4 Å². The van der Waals surface area contributed by atoms with Crippen LogP contribution >= 0.6 is 22.9 Å². The summed E-state index contributed by atoms with van der Waals surface area (Å²) in [5, 5.41) is 19.0. The minimum absolute atomic E-state index is 0.0629. The minimum atomic E-state index is -1.02. The number of imide groups is 2. The summed E-state index contributed by atoms with van der Waals surface area (Å²) in [4.78, 5) is 71.1. The van der Waals surface area contributed by atoms with Crippen LogP contribution in [0.25, 0.3) is 5.00 Å². The van der Waals surface area contributed by atoms with Gasteiger partial charge in [0.1, 0.15) is 22.9 Å². The van der Waals surface area contributed by atoms with Gasteiger partial charge in [-0.1, -0.05) is 29.8 Å². The number of aromatic nitrogens is 3. The summed E-state index contributed by atoms with van der Waals surface area (Å²) in [6.45, 7) is 7.09. The molecule has 13 nitrogen and oxygen atoms in total. The molecule has 3 aliphatic heterocycles. The van der Waals surface area contributed by atoms with Crippen molar-refractivity contribution in [3.63, 3.8) is 0 Å². The molecule has 3 N–H and O–H groups in total. The van der Waals surface area contributed by atoms with E-state index in [9.17, 15) is 24.0 Å². The number of carbonyl (C=O) groups is 5. The average Bonchev–Trinajstić information content (AvgIpc) is 3.69. The van der Waals surface area contributed by atoms with E-state index >= 15 is 0 Å². The zero-order valence-corrected chi connectivity index (χ0v) is 30.5. The van der Waals surface area contributed by atoms with E-state index in [2.05, 4.69) is 40.0 Å². The number of aryl methyl sites for hydroxylation is 2. The van der Waals surface area contributed by atoms with Crippen LogP contribution in [-0.4, -0.2) is 74.0 Å². The number of hydrogen-bond donors (Lipinski definition) is 3. The number of nitrogens with zero attached hydrogens (tertiary/aromatic N) is 5. The van der Waals surface area contributed by atoms with Gasteiger partial charge in [0.25, 0.3) is 11.8 Å². The maximum atomic E-state index is 13.3. The second-order valence-electron chi connectivity index (χ2n) is 13.1. The molecule has 2 aromatic carbocycles. The Hall–Kier alpha value is -5.21. The van der Waals surface area contributed by atoms with Gasteiger partial charge in [-0.15, -0.1) is 21.5 Å². The molecule has 0 bridgehead atoms. The van der Waals surface area contributed by atoms with Crippen molar-refractivity contribution in [3.05, 3.63) is 91.8 Å². The molecule has 5 heterocycles. The molecule has 15 heteroatoms. The van der Waals surface area contributed by atoms with E-state index in [4.69, 9.17) is 16.6 Å². The van der Waals surface area contributed by atoms with Crippen molar-refractivity contribution in [2.24, 2.45) is 4.99 Å². The fraction of sp³-hybridized carbons (Fsp3) is 0.351. The minimum Gasteiger partial charge on any atom is -0.384 e. The van der Waals surface area contributed by atoms with Gasteiger partial charge in [0, 0.05) is 46.2 Å². The monoisotopic (exact) mass is 740 g/mol. The van der Waals surface area contributed by atoms with E-state index in [1.54, 1.807) is 29.5 Å². The molecule has 1 unspecified atom stereocenters. The number of carbonyl (C=O) groups excluding carboxylic acids is 5. The number of amides is 5. The third kappa shape index (κ3) is 6.52. The van der Waals surface area contributed by atoms with Gasteiger partial charge in [-0.05, 0) is 76.3 Å². The third-order valence-electron chi connectivity index (χ3n) is 9.70. The van der Waals surface area contributed by atoms with Gasteiger partial charge in [-0.2, -0.15) is 0 Å². The molecule has 2 aromatic heterocycles. The van der Waals surface area contributed by atoms with Crippen LogP contribution in [-0.2, 0) is 14.4 Å². The Morgan fingerprint density at radius 3 is 2.50 bits per heavy atom. The number of anilines is 1. The molecule has 1 fully saturated rings. The predicted octanol–water partition coefficient (Wildman–Crippen LogP) is 4.99. The Morgan fingerprint density at radius 2 is 1.73 bits per heavy atom. The third-order valence-corrected chi connectivity index (χ3v) is 11.1. The highest BCUT2D eigenvalue weighted by Gasteiger charge is 2.45. The first-order valence-electron chi connectivity index (χ1n) is 17.2. The zero-order valence-electron chi connectivity index (χ0n) is 28.9. The van der Waals surface area contributed by atoms with Gasteiger partial charge < -0.3 is 10.6 Å². The van der Waals surface area contributed by atoms with Crippen LogP contribution in [0.3, 0.4) is 0 Å². The van der Waals surface area contributed by atoms with E-state index in [-0.39, 0.29) is 36.3 Å². The highest BCUT2D eigenvalue weighted by Crippen LogP contribution is 2.40. The van der Waals surface area contributed by atoms with E-state index in [1.165, 1.54) is 4.88 Å². The summed E-state index contributed by atoms with van der Waals surface area (Å²) in [6.07, 6.45) is 2.55. The maximum absolute atomic E-state index is 13.3. The summed E-state index contributed by atoms with van der Waals surface area (Å²) < 4.78 is 2.02. The van der Waals surface area contributed by atoms with Crippen LogP contribution in [0.4, 0.5) is 5.69 Å². The van der Waals surface area contributed by atoms with Crippen LogP contribution in [0, 0.1) is 20.8 Å². The smallest absolute Gasteiger partial charge is 0.264 e. The van der Waals surface area contributed by atoms with E-state index in [0.29, 0.717) is 29.6 Å². The Bertz CT molecular complexity index is 2160. The number of rotatable bonds is 11. The highest BCUT2D eigenvalue weighted by atomic mass is 35.5. The summed E-state index contributed by atoms with van der Waals surface area (Å²) >= 11 is 7.87. The Kier molecular flexibility index (Phi) is 9.77. The highest BCUT2D eigenvalue weighted by molar-refractivity contribution is 7.15. The van der Waals surface area contributed by atoms with E-state index in [0.717, 1.165) is 57.4 Å². The molecule has 3 aliphatic rings. The lowest BCUT2D eigenvalue weighted by atomic mass is 9.99. The number of piperidine rings is 1. The fourth-order valence-corrected chi connectivity index (χ4v) is 8.26. The summed E-state index contributed by atoms with van der Waals surface area (Å²) in [5.74, 6) is -0.937. The summed E-state index contributed by atoms with van der Waals surface area (Å²) in [6, 6.07) is 11.0. The van der Waals surface area contributed by atoms with Crippen LogP contribution < -0.4 is 16.0 Å². The van der Waals surface area contributed by atoms with Crippen LogP contribution in [0.2, 0.25) is 5.02 Å². The molecular formula is C37H37ClN8O5S. The second-order valence-corrected chi connectivity index (χ2v) is 14.8. The number of hydrogen-bond acceptors (Lipinski definition) is 10. The zero-order chi connectivity index (χ0) is 36.7. The topological polar surface area (TPSA) is 168 Å². The molecule has 2 atom stereocenters. The predicted molar refractivity (Wildman–Crippen MR) is 196 cm³/mol. The van der Waals surface area contributed by atoms with Gasteiger partial charge in [0.2, 0.25) is 17.7 Å². The van der Waals surface area contributed by atoms with Crippen LogP contribution in [0.1, 0.15) is 98.5 Å². The molecule has 0 aliphatic carbocycles. The van der Waals surface area contributed by atoms with E-state index < -0.39 is 35.7 Å². The van der Waals surface area contributed by atoms with Gasteiger partial charge >= 0.3 is 0 Å². The number of nitrogens with one attached hydrogen (secondary N) is 3. The number of thiophene rings is 1. The molecule has 0 radical (unpaired) electrons. The first kappa shape index (κ1) is 35.2. The number of fused-ring (bicyclic) bond motifs is 4. The van der Waals surface area contributed by atoms with Crippen molar-refractivity contribution < 1.29 is 24.0 Å². The normalized spacial score (nSPS) is 18.0. The molecule has 268 valence electrons. The number of aliphatic imine (C=N–C) groups is 1. The maximum Gasteiger partial charge on any atom is 0.264 e. The van der Waals surface area contributed by atoms with Crippen molar-refractivity contribution >= 4 is 63.9 Å². The number of benzene rings is 2. The van der Waals surface area contributed by atoms with Crippen LogP contribution in [0.5, 0.6) is 0 Å². The molecule has 5 amide bonds. The van der Waals surface area contributed by atoms with Gasteiger partial charge in [0.05, 0.1) is 23.3 Å². The molecule has 4 aromatic rings. The SMILES string of the molecule is Cc1sc2c(c1C)C(c1ccc(Cl)cc1)=N[C@@H](CC(=O)NCCCCCNc1cccc3c1C(=O)N(C1CCC(=O)NC1=O)C3=O)c1nnc(C)n1-2. The summed E-state index contributed by atoms with van der Waals surface area (Å²) in [5.41, 5.74) is 4.81. The van der Waals surface area contributed by atoms with Crippen molar-refractivity contribution in [3.8, 4) is 5.00 Å². The molecule has 0 saturated carbocycles. The van der Waals surface area contributed by atoms with Gasteiger partial charge in [0.15, 0.2) is 5.82 Å². The summed E-state index contributed by atoms with van der Waals surface area (Å²) in [7, 11) is 0. The standard InChI is InChI=1S/C37H37ClN8O5S/c1-19-20(2)52-37-30(19)32(22-10-12-23(38)13-11-22)41-26(33-44-43-21(3)45(33)37)18-29(48)40-17-6-4-5-16-39-25-9-7-8-24-31(25)36(51)46(35(24)50)27-14-15-28(47)42-34(27)49/h7-13,26-27,39H,4-6,14-18H2,1-3H3,(H,40,48)(H,42,47,49)/t26-,27?/m0/s1. The quantitative estimate of drug-likeness (QED) is 0.143. The second kappa shape index (κ2) is 14.4. The molecule has 0 spiro atoms. The molecular weight excluding hydrogens is 704 g/mol. The first-order chi connectivity index (χ1) is 25.0. The number of unbranched alkanes of at least 4 members (excludes halogenated alkanes) is 2. The lowest BCUT2D eigenvalue weighted by Gasteiger charge is -2.27. The van der Waals surface area contributed by atoms with Crippen molar-refractivity contribution in [2.75, 3.05) is 18.4 Å². The first-order valence-corrected chi connectivity index (χ1v) is 18.4. The van der Waals surface area contributed by atoms with Crippen molar-refractivity contribution in [1.82, 2.24) is 30.3 Å². The lowest BCUT2D eigenvalue weighted by molar-refractivity contribution is -0.136. The molecule has 52 heavy (non-hydrogen) atoms. The van der Waals surface area contributed by atoms with Crippen molar-refractivity contribution in [1.29, 1.82) is 0 Å². The Labute approximate surface area is 308 Å². The van der Waals surface area contributed by atoms with Crippen LogP contribution in [0.15, 0.2) is 47.5 Å². The average molecular weight is 741 g/mol. The lowest BCUT2D eigenvalue weighted by Crippen LogP contribution is -2.54. The molecule has 7 rings (SSSR count). The number of halogens is 1. The van der Waals surface area contributed by atoms with E-state index in [1.807, 2.05) is 35.8 Å². The van der Waals surface area contributed by atoms with Gasteiger partial charge in [-0.25, -0.2) is 0 Å². The largest absolute Gasteiger partial charge is 0.384 e. The fourth-order valence-electron chi connectivity index (χ4n) is 6.92. The van der Waals surface area contributed by atoms with Gasteiger partial charge in [-0.3, -0.25) is 43.7 Å². The Balaban J connectivity index is 0.948.